The molecule has 0 bridgehead atoms. The second kappa shape index (κ2) is 5.60. The molecule has 0 unspecified atom stereocenters. The summed E-state index contributed by atoms with van der Waals surface area (Å²) in [4.78, 5) is 11.9. The second-order valence-corrected chi connectivity index (χ2v) is 7.47. The Bertz CT molecular complexity index is 719. The van der Waals surface area contributed by atoms with Gasteiger partial charge in [-0.15, -0.1) is 0 Å². The Morgan fingerprint density at radius 2 is 2.00 bits per heavy atom. The summed E-state index contributed by atoms with van der Waals surface area (Å²) in [6.07, 6.45) is 1.83. The lowest BCUT2D eigenvalue weighted by Gasteiger charge is -2.28. The first kappa shape index (κ1) is 14.1. The first-order chi connectivity index (χ1) is 10.7. The first-order valence-electron chi connectivity index (χ1n) is 7.40. The summed E-state index contributed by atoms with van der Waals surface area (Å²) >= 11 is 8.32. The summed E-state index contributed by atoms with van der Waals surface area (Å²) in [7, 11) is 0. The summed E-state index contributed by atoms with van der Waals surface area (Å²) in [5.74, 6) is 0. The van der Waals surface area contributed by atoms with Crippen molar-refractivity contribution in [2.75, 3.05) is 6.54 Å². The molecule has 0 radical (unpaired) electrons. The van der Waals surface area contributed by atoms with Crippen LogP contribution in [0.4, 0.5) is 0 Å². The van der Waals surface area contributed by atoms with Crippen molar-refractivity contribution in [2.45, 2.75) is 24.3 Å². The molecule has 1 saturated heterocycles. The Balaban J connectivity index is 1.81. The maximum Gasteiger partial charge on any atom is 0.160 e. The molecule has 0 N–H and O–H groups in total. The Hall–Kier alpha value is -1.52. The van der Waals surface area contributed by atoms with E-state index in [1.54, 1.807) is 0 Å². The van der Waals surface area contributed by atoms with E-state index in [1.807, 2.05) is 48.3 Å². The smallest absolute Gasteiger partial charge is 0.160 e. The van der Waals surface area contributed by atoms with Crippen molar-refractivity contribution in [3.63, 3.8) is 0 Å². The predicted molar refractivity (Wildman–Crippen MR) is 92.4 cm³/mol. The van der Waals surface area contributed by atoms with Crippen molar-refractivity contribution in [3.05, 3.63) is 64.9 Å². The first-order valence-corrected chi connectivity index (χ1v) is 8.66. The number of aromatic nitrogens is 1. The number of fused-ring (bicyclic) bond motifs is 1. The van der Waals surface area contributed by atoms with E-state index >= 15 is 0 Å². The Morgan fingerprint density at radius 3 is 2.77 bits per heavy atom. The second-order valence-electron chi connectivity index (χ2n) is 5.66. The number of pyridine rings is 1. The zero-order valence-electron chi connectivity index (χ0n) is 12.2. The van der Waals surface area contributed by atoms with Gasteiger partial charge in [-0.25, -0.2) is 0 Å². The Morgan fingerprint density at radius 1 is 1.18 bits per heavy atom. The van der Waals surface area contributed by atoms with Crippen molar-refractivity contribution >= 4 is 28.5 Å². The molecular weight excluding hydrogens is 314 g/mol. The van der Waals surface area contributed by atoms with Gasteiger partial charge >= 0.3 is 0 Å². The topological polar surface area (TPSA) is 28.5 Å². The van der Waals surface area contributed by atoms with Crippen LogP contribution in [0.25, 0.3) is 0 Å². The van der Waals surface area contributed by atoms with Crippen molar-refractivity contribution < 1.29 is 0 Å². The summed E-state index contributed by atoms with van der Waals surface area (Å²) < 4.78 is 0. The molecule has 4 rings (SSSR count). The lowest BCUT2D eigenvalue weighted by molar-refractivity contribution is 0.321. The van der Waals surface area contributed by atoms with E-state index in [-0.39, 0.29) is 12.1 Å². The van der Waals surface area contributed by atoms with Crippen LogP contribution in [0.2, 0.25) is 5.02 Å². The highest BCUT2D eigenvalue weighted by Gasteiger charge is 2.44. The summed E-state index contributed by atoms with van der Waals surface area (Å²) in [5.41, 5.74) is 2.14. The van der Waals surface area contributed by atoms with Gasteiger partial charge in [-0.05, 0) is 23.8 Å². The third kappa shape index (κ3) is 2.31. The van der Waals surface area contributed by atoms with Crippen LogP contribution in [-0.4, -0.2) is 26.8 Å². The molecule has 0 amide bonds. The third-order valence-corrected chi connectivity index (χ3v) is 5.55. The molecule has 2 aromatic rings. The molecule has 0 saturated carbocycles. The highest BCUT2D eigenvalue weighted by molar-refractivity contribution is 8.14. The Kier molecular flexibility index (Phi) is 3.59. The number of amidine groups is 1. The average Bonchev–Trinajstić information content (AvgIpc) is 3.05. The predicted octanol–water partition coefficient (Wildman–Crippen LogP) is 4.32. The fourth-order valence-corrected chi connectivity index (χ4v) is 4.51. The van der Waals surface area contributed by atoms with Crippen LogP contribution in [0.1, 0.15) is 30.3 Å². The largest absolute Gasteiger partial charge is 0.341 e. The van der Waals surface area contributed by atoms with E-state index in [1.165, 1.54) is 0 Å². The van der Waals surface area contributed by atoms with Crippen LogP contribution in [0.15, 0.2) is 53.7 Å². The molecule has 1 fully saturated rings. The Labute approximate surface area is 139 Å². The number of hydrogen-bond donors (Lipinski definition) is 0. The van der Waals surface area contributed by atoms with E-state index in [0.29, 0.717) is 5.25 Å². The number of nitrogens with zero attached hydrogens (tertiary/aromatic N) is 3. The average molecular weight is 330 g/mol. The third-order valence-electron chi connectivity index (χ3n) is 4.11. The number of hydrogen-bond acceptors (Lipinski definition) is 4. The van der Waals surface area contributed by atoms with Gasteiger partial charge in [-0.1, -0.05) is 54.6 Å². The maximum atomic E-state index is 6.48. The lowest BCUT2D eigenvalue weighted by Crippen LogP contribution is -2.28. The van der Waals surface area contributed by atoms with E-state index < -0.39 is 0 Å². The maximum absolute atomic E-state index is 6.48. The zero-order valence-corrected chi connectivity index (χ0v) is 13.8. The monoisotopic (exact) mass is 329 g/mol. The highest BCUT2D eigenvalue weighted by Crippen LogP contribution is 2.48. The molecule has 0 spiro atoms. The quantitative estimate of drug-likeness (QED) is 0.821. The molecule has 5 heteroatoms. The van der Waals surface area contributed by atoms with Crippen molar-refractivity contribution in [3.8, 4) is 0 Å². The minimum Gasteiger partial charge on any atom is -0.341 e. The van der Waals surface area contributed by atoms with Gasteiger partial charge in [0, 0.05) is 23.0 Å². The number of benzene rings is 1. The van der Waals surface area contributed by atoms with Gasteiger partial charge < -0.3 is 4.90 Å². The van der Waals surface area contributed by atoms with E-state index in [9.17, 15) is 0 Å². The highest BCUT2D eigenvalue weighted by atomic mass is 35.5. The summed E-state index contributed by atoms with van der Waals surface area (Å²) in [6, 6.07) is 14.2. The van der Waals surface area contributed by atoms with Gasteiger partial charge in [-0.2, -0.15) is 0 Å². The van der Waals surface area contributed by atoms with Crippen LogP contribution in [-0.2, 0) is 0 Å². The normalized spacial score (nSPS) is 26.9. The van der Waals surface area contributed by atoms with Gasteiger partial charge in [0.25, 0.3) is 0 Å². The molecule has 22 heavy (non-hydrogen) atoms. The number of thioether (sulfide) groups is 1. The molecule has 1 aromatic heterocycles. The van der Waals surface area contributed by atoms with Gasteiger partial charge in [0.1, 0.15) is 6.04 Å². The lowest BCUT2D eigenvalue weighted by atomic mass is 9.96. The van der Waals surface area contributed by atoms with Gasteiger partial charge in [0.05, 0.1) is 11.7 Å². The van der Waals surface area contributed by atoms with Gasteiger partial charge in [-0.3, -0.25) is 9.98 Å². The van der Waals surface area contributed by atoms with E-state index in [0.717, 1.165) is 28.0 Å². The van der Waals surface area contributed by atoms with Crippen molar-refractivity contribution in [1.82, 2.24) is 9.88 Å². The molecule has 3 atom stereocenters. The van der Waals surface area contributed by atoms with Gasteiger partial charge in [0.15, 0.2) is 5.17 Å². The SMILES string of the molecule is C[C@H]1CN2C(=N[C@@H](c3ccccn3)[C@@H]2c2ccccc2Cl)S1. The van der Waals surface area contributed by atoms with Gasteiger partial charge in [0.2, 0.25) is 0 Å². The fraction of sp³-hybridized carbons (Fsp3) is 0.294. The van der Waals surface area contributed by atoms with E-state index in [2.05, 4.69) is 28.9 Å². The van der Waals surface area contributed by atoms with Crippen LogP contribution in [0.5, 0.6) is 0 Å². The van der Waals surface area contributed by atoms with Crippen LogP contribution < -0.4 is 0 Å². The minimum atomic E-state index is 0.0103. The molecule has 2 aliphatic rings. The molecule has 3 heterocycles. The number of aliphatic imine (C=N–C) groups is 1. The standard InChI is InChI=1S/C17H16ClN3S/c1-11-10-21-16(12-6-2-3-7-13(12)18)15(20-17(21)22-11)14-8-4-5-9-19-14/h2-9,11,15-16H,10H2,1H3/t11-,15-,16-/m0/s1. The van der Waals surface area contributed by atoms with Crippen LogP contribution in [0, 0.1) is 0 Å². The molecule has 1 aromatic carbocycles. The number of rotatable bonds is 2. The fourth-order valence-electron chi connectivity index (χ4n) is 3.17. The number of halogens is 1. The van der Waals surface area contributed by atoms with Crippen molar-refractivity contribution in [1.29, 1.82) is 0 Å². The molecule has 0 aliphatic carbocycles. The summed E-state index contributed by atoms with van der Waals surface area (Å²) in [5, 5.41) is 2.48. The van der Waals surface area contributed by atoms with Crippen LogP contribution >= 0.6 is 23.4 Å². The van der Waals surface area contributed by atoms with Crippen molar-refractivity contribution in [2.24, 2.45) is 4.99 Å². The zero-order chi connectivity index (χ0) is 15.1. The molecule has 3 nitrogen and oxygen atoms in total. The van der Waals surface area contributed by atoms with Crippen LogP contribution in [0.3, 0.4) is 0 Å². The molecule has 2 aliphatic heterocycles. The minimum absolute atomic E-state index is 0.0103. The molecule has 112 valence electrons. The summed E-state index contributed by atoms with van der Waals surface area (Å²) in [6.45, 7) is 3.24. The molecular formula is C17H16ClN3S. The van der Waals surface area contributed by atoms with E-state index in [4.69, 9.17) is 16.6 Å².